The van der Waals surface area contributed by atoms with E-state index in [1.54, 1.807) is 29.1 Å². The lowest BCUT2D eigenvalue weighted by Crippen LogP contribution is -1.94. The quantitative estimate of drug-likeness (QED) is 0.714. The van der Waals surface area contributed by atoms with Gasteiger partial charge in [-0.25, -0.2) is 4.68 Å². The van der Waals surface area contributed by atoms with Gasteiger partial charge in [-0.1, -0.05) is 17.7 Å². The van der Waals surface area contributed by atoms with Crippen LogP contribution in [0.5, 0.6) is 0 Å². The van der Waals surface area contributed by atoms with Gasteiger partial charge < -0.3 is 0 Å². The fourth-order valence-electron chi connectivity index (χ4n) is 1.15. The number of rotatable bonds is 1. The van der Waals surface area contributed by atoms with Crippen LogP contribution in [0, 0.1) is 11.3 Å². The lowest BCUT2D eigenvalue weighted by Gasteiger charge is -2.00. The van der Waals surface area contributed by atoms with Gasteiger partial charge >= 0.3 is 0 Å². The molecule has 0 amide bonds. The molecule has 0 unspecified atom stereocenters. The van der Waals surface area contributed by atoms with Crippen LogP contribution in [-0.4, -0.2) is 9.78 Å². The normalized spacial score (nSPS) is 9.71. The third-order valence-electron chi connectivity index (χ3n) is 1.78. The number of aromatic nitrogens is 2. The van der Waals surface area contributed by atoms with Gasteiger partial charge in [-0.05, 0) is 24.3 Å². The Morgan fingerprint density at radius 2 is 2.21 bits per heavy atom. The van der Waals surface area contributed by atoms with E-state index in [0.717, 1.165) is 5.69 Å². The lowest BCUT2D eigenvalue weighted by atomic mass is 10.3. The summed E-state index contributed by atoms with van der Waals surface area (Å²) < 4.78 is 1.62. The molecule has 68 valence electrons. The molecular weight excluding hydrogens is 198 g/mol. The molecule has 3 nitrogen and oxygen atoms in total. The summed E-state index contributed by atoms with van der Waals surface area (Å²) in [6, 6.07) is 10.9. The van der Waals surface area contributed by atoms with Crippen molar-refractivity contribution in [1.82, 2.24) is 9.78 Å². The molecule has 2 aromatic rings. The van der Waals surface area contributed by atoms with Gasteiger partial charge in [-0.3, -0.25) is 0 Å². The van der Waals surface area contributed by atoms with Crippen molar-refractivity contribution in [3.8, 4) is 11.8 Å². The van der Waals surface area contributed by atoms with Gasteiger partial charge in [0.25, 0.3) is 0 Å². The molecule has 0 N–H and O–H groups in total. The van der Waals surface area contributed by atoms with Crippen LogP contribution >= 0.6 is 11.6 Å². The van der Waals surface area contributed by atoms with E-state index in [1.807, 2.05) is 18.2 Å². The number of halogens is 1. The van der Waals surface area contributed by atoms with E-state index in [0.29, 0.717) is 10.7 Å². The highest BCUT2D eigenvalue weighted by atomic mass is 35.5. The van der Waals surface area contributed by atoms with Crippen LogP contribution in [0.1, 0.15) is 5.69 Å². The summed E-state index contributed by atoms with van der Waals surface area (Å²) in [5.74, 6) is 0. The van der Waals surface area contributed by atoms with E-state index in [2.05, 4.69) is 5.10 Å². The van der Waals surface area contributed by atoms with Gasteiger partial charge in [0.2, 0.25) is 0 Å². The van der Waals surface area contributed by atoms with Gasteiger partial charge in [0, 0.05) is 11.2 Å². The molecule has 0 saturated carbocycles. The summed E-state index contributed by atoms with van der Waals surface area (Å²) in [6.07, 6.45) is 1.73. The number of hydrogen-bond donors (Lipinski definition) is 0. The van der Waals surface area contributed by atoms with Crippen LogP contribution in [0.3, 0.4) is 0 Å². The second-order valence-corrected chi connectivity index (χ2v) is 3.17. The van der Waals surface area contributed by atoms with Crippen molar-refractivity contribution in [1.29, 1.82) is 5.26 Å². The van der Waals surface area contributed by atoms with Crippen molar-refractivity contribution in [2.75, 3.05) is 0 Å². The Morgan fingerprint density at radius 3 is 2.86 bits per heavy atom. The Hall–Kier alpha value is -1.79. The summed E-state index contributed by atoms with van der Waals surface area (Å²) in [4.78, 5) is 0. The molecule has 1 aromatic heterocycles. The van der Waals surface area contributed by atoms with Crippen LogP contribution in [0.4, 0.5) is 0 Å². The first kappa shape index (κ1) is 8.79. The van der Waals surface area contributed by atoms with Crippen molar-refractivity contribution in [2.24, 2.45) is 0 Å². The van der Waals surface area contributed by atoms with Gasteiger partial charge in [0.05, 0.1) is 5.69 Å². The summed E-state index contributed by atoms with van der Waals surface area (Å²) in [5.41, 5.74) is 1.24. The Balaban J connectivity index is 2.45. The smallest absolute Gasteiger partial charge is 0.162 e. The molecule has 4 heteroatoms. The molecule has 0 atom stereocenters. The van der Waals surface area contributed by atoms with Crippen molar-refractivity contribution in [3.05, 3.63) is 47.2 Å². The maximum Gasteiger partial charge on any atom is 0.162 e. The average molecular weight is 204 g/mol. The Kier molecular flexibility index (Phi) is 2.21. The highest BCUT2D eigenvalue weighted by Crippen LogP contribution is 2.13. The highest BCUT2D eigenvalue weighted by molar-refractivity contribution is 6.30. The van der Waals surface area contributed by atoms with Gasteiger partial charge in [0.15, 0.2) is 5.69 Å². The largest absolute Gasteiger partial charge is 0.240 e. The summed E-state index contributed by atoms with van der Waals surface area (Å²) in [6.45, 7) is 0. The van der Waals surface area contributed by atoms with Crippen molar-refractivity contribution < 1.29 is 0 Å². The van der Waals surface area contributed by atoms with E-state index in [4.69, 9.17) is 16.9 Å². The fourth-order valence-corrected chi connectivity index (χ4v) is 1.33. The molecule has 14 heavy (non-hydrogen) atoms. The second-order valence-electron chi connectivity index (χ2n) is 2.74. The SMILES string of the molecule is N#Cc1ccn(-c2cccc(Cl)c2)n1. The minimum absolute atomic E-state index is 0.393. The summed E-state index contributed by atoms with van der Waals surface area (Å²) in [5, 5.41) is 13.3. The minimum Gasteiger partial charge on any atom is -0.240 e. The maximum absolute atomic E-state index is 8.60. The van der Waals surface area contributed by atoms with E-state index < -0.39 is 0 Å². The molecule has 0 radical (unpaired) electrons. The zero-order valence-corrected chi connectivity index (χ0v) is 7.94. The number of benzene rings is 1. The fraction of sp³-hybridized carbons (Fsp3) is 0. The molecule has 0 aliphatic carbocycles. The Morgan fingerprint density at radius 1 is 1.36 bits per heavy atom. The first-order chi connectivity index (χ1) is 6.79. The number of nitrogens with zero attached hydrogens (tertiary/aromatic N) is 3. The molecule has 0 saturated heterocycles. The van der Waals surface area contributed by atoms with E-state index in [1.165, 1.54) is 0 Å². The third kappa shape index (κ3) is 1.61. The van der Waals surface area contributed by atoms with E-state index >= 15 is 0 Å². The van der Waals surface area contributed by atoms with Crippen molar-refractivity contribution >= 4 is 11.6 Å². The third-order valence-corrected chi connectivity index (χ3v) is 2.01. The van der Waals surface area contributed by atoms with E-state index in [9.17, 15) is 0 Å². The highest BCUT2D eigenvalue weighted by Gasteiger charge is 1.99. The van der Waals surface area contributed by atoms with Crippen LogP contribution in [0.25, 0.3) is 5.69 Å². The van der Waals surface area contributed by atoms with Crippen molar-refractivity contribution in [2.45, 2.75) is 0 Å². The first-order valence-corrected chi connectivity index (χ1v) is 4.39. The predicted molar refractivity (Wildman–Crippen MR) is 53.3 cm³/mol. The Bertz CT molecular complexity index is 496. The van der Waals surface area contributed by atoms with E-state index in [-0.39, 0.29) is 0 Å². The van der Waals surface area contributed by atoms with Crippen LogP contribution < -0.4 is 0 Å². The van der Waals surface area contributed by atoms with Crippen LogP contribution in [0.15, 0.2) is 36.5 Å². The molecular formula is C10H6ClN3. The average Bonchev–Trinajstić information content (AvgIpc) is 2.66. The standard InChI is InChI=1S/C10H6ClN3/c11-8-2-1-3-10(6-8)14-5-4-9(7-12)13-14/h1-6H. The molecule has 0 spiro atoms. The van der Waals surface area contributed by atoms with Crippen molar-refractivity contribution in [3.63, 3.8) is 0 Å². The molecule has 0 aliphatic rings. The van der Waals surface area contributed by atoms with Crippen LogP contribution in [-0.2, 0) is 0 Å². The zero-order valence-electron chi connectivity index (χ0n) is 7.18. The van der Waals surface area contributed by atoms with Crippen LogP contribution in [0.2, 0.25) is 5.02 Å². The minimum atomic E-state index is 0.393. The lowest BCUT2D eigenvalue weighted by molar-refractivity contribution is 0.873. The Labute approximate surface area is 86.2 Å². The topological polar surface area (TPSA) is 41.6 Å². The zero-order chi connectivity index (χ0) is 9.97. The van der Waals surface area contributed by atoms with Gasteiger partial charge in [0.1, 0.15) is 6.07 Å². The second kappa shape index (κ2) is 3.52. The first-order valence-electron chi connectivity index (χ1n) is 4.01. The van der Waals surface area contributed by atoms with Gasteiger partial charge in [-0.15, -0.1) is 0 Å². The molecule has 0 fully saturated rings. The summed E-state index contributed by atoms with van der Waals surface area (Å²) in [7, 11) is 0. The number of hydrogen-bond acceptors (Lipinski definition) is 2. The molecule has 1 heterocycles. The molecule has 1 aromatic carbocycles. The number of nitriles is 1. The predicted octanol–water partition coefficient (Wildman–Crippen LogP) is 2.40. The molecule has 0 bridgehead atoms. The molecule has 2 rings (SSSR count). The van der Waals surface area contributed by atoms with Gasteiger partial charge in [-0.2, -0.15) is 10.4 Å². The maximum atomic E-state index is 8.60. The molecule has 0 aliphatic heterocycles. The summed E-state index contributed by atoms with van der Waals surface area (Å²) >= 11 is 5.83. The monoisotopic (exact) mass is 203 g/mol.